The molecule has 0 saturated carbocycles. The number of benzene rings is 1. The van der Waals surface area contributed by atoms with Crippen molar-refractivity contribution in [3.05, 3.63) is 39.2 Å². The number of rotatable bonds is 2. The van der Waals surface area contributed by atoms with E-state index in [2.05, 4.69) is 37.9 Å². The van der Waals surface area contributed by atoms with Crippen molar-refractivity contribution in [3.63, 3.8) is 0 Å². The molecular weight excluding hydrogens is 392 g/mol. The number of anilines is 1. The van der Waals surface area contributed by atoms with Crippen LogP contribution in [0.1, 0.15) is 12.8 Å². The van der Waals surface area contributed by atoms with Gasteiger partial charge in [-0.1, -0.05) is 11.6 Å². The van der Waals surface area contributed by atoms with Gasteiger partial charge in [0.1, 0.15) is 18.3 Å². The molecule has 0 spiro atoms. The number of hydrogen-bond acceptors (Lipinski definition) is 3. The third kappa shape index (κ3) is 2.88. The minimum absolute atomic E-state index is 0.00506. The summed E-state index contributed by atoms with van der Waals surface area (Å²) in [5.74, 6) is 0.761. The summed E-state index contributed by atoms with van der Waals surface area (Å²) in [5.41, 5.74) is 0.886. The Kier molecular flexibility index (Phi) is 4.07. The Bertz CT molecular complexity index is 677. The molecule has 20 heavy (non-hydrogen) atoms. The number of aromatic nitrogens is 2. The van der Waals surface area contributed by atoms with Crippen LogP contribution in [0.3, 0.4) is 0 Å². The first-order valence-corrected chi connectivity index (χ1v) is 7.77. The first-order valence-electron chi connectivity index (χ1n) is 6.31. The molecule has 3 nitrogen and oxygen atoms in total. The van der Waals surface area contributed by atoms with Crippen molar-refractivity contribution in [2.24, 2.45) is 0 Å². The minimum Gasteiger partial charge on any atom is -0.363 e. The van der Waals surface area contributed by atoms with Crippen LogP contribution >= 0.6 is 34.2 Å². The van der Waals surface area contributed by atoms with Crippen molar-refractivity contribution in [1.82, 2.24) is 9.97 Å². The number of allylic oxidation sites excluding steroid dienone is 1. The third-order valence-electron chi connectivity index (χ3n) is 3.31. The molecule has 1 unspecified atom stereocenters. The fourth-order valence-corrected chi connectivity index (χ4v) is 3.03. The summed E-state index contributed by atoms with van der Waals surface area (Å²) in [6.07, 6.45) is 3.37. The molecule has 0 radical (unpaired) electrons. The van der Waals surface area contributed by atoms with Crippen molar-refractivity contribution in [2.75, 3.05) is 5.32 Å². The smallest absolute Gasteiger partial charge is 0.137 e. The van der Waals surface area contributed by atoms with Gasteiger partial charge in [0.05, 0.1) is 10.5 Å². The summed E-state index contributed by atoms with van der Waals surface area (Å²) in [4.78, 5) is 8.54. The minimum atomic E-state index is -1.03. The van der Waals surface area contributed by atoms with E-state index in [9.17, 15) is 4.39 Å². The second kappa shape index (κ2) is 5.81. The fourth-order valence-electron chi connectivity index (χ4n) is 2.28. The van der Waals surface area contributed by atoms with Crippen LogP contribution < -0.4 is 5.32 Å². The number of nitrogens with zero attached hydrogens (tertiary/aromatic N) is 2. The van der Waals surface area contributed by atoms with Crippen LogP contribution in [0.2, 0.25) is 0 Å². The summed E-state index contributed by atoms with van der Waals surface area (Å²) < 4.78 is 14.5. The maximum absolute atomic E-state index is 13.3. The summed E-state index contributed by atoms with van der Waals surface area (Å²) >= 11 is 8.14. The molecule has 0 saturated heterocycles. The predicted octanol–water partition coefficient (Wildman–Crippen LogP) is 4.27. The van der Waals surface area contributed by atoms with E-state index in [1.54, 1.807) is 6.08 Å². The van der Waals surface area contributed by atoms with Crippen molar-refractivity contribution < 1.29 is 4.39 Å². The van der Waals surface area contributed by atoms with E-state index >= 15 is 0 Å². The quantitative estimate of drug-likeness (QED) is 0.761. The van der Waals surface area contributed by atoms with Crippen LogP contribution in [0.4, 0.5) is 10.2 Å². The Morgan fingerprint density at radius 2 is 2.15 bits per heavy atom. The molecule has 1 aromatic heterocycles. The Labute approximate surface area is 134 Å². The molecule has 0 aliphatic heterocycles. The van der Waals surface area contributed by atoms with Crippen LogP contribution in [-0.2, 0) is 0 Å². The molecule has 1 aliphatic carbocycles. The zero-order valence-corrected chi connectivity index (χ0v) is 13.4. The Hall–Kier alpha value is -0.950. The number of fused-ring (bicyclic) bond motifs is 1. The van der Waals surface area contributed by atoms with Gasteiger partial charge < -0.3 is 5.32 Å². The second-order valence-corrected chi connectivity index (χ2v) is 6.41. The fraction of sp³-hybridized carbons (Fsp3) is 0.286. The van der Waals surface area contributed by atoms with Crippen molar-refractivity contribution >= 4 is 50.9 Å². The summed E-state index contributed by atoms with van der Waals surface area (Å²) in [5, 5.41) is 4.56. The number of hydrogen-bond donors (Lipinski definition) is 1. The highest BCUT2D eigenvalue weighted by atomic mass is 127. The highest BCUT2D eigenvalue weighted by Gasteiger charge is 2.21. The monoisotopic (exact) mass is 403 g/mol. The lowest BCUT2D eigenvalue weighted by Crippen LogP contribution is -2.24. The third-order valence-corrected chi connectivity index (χ3v) is 4.34. The lowest BCUT2D eigenvalue weighted by molar-refractivity contribution is 0.349. The van der Waals surface area contributed by atoms with Gasteiger partial charge in [0.2, 0.25) is 0 Å². The van der Waals surface area contributed by atoms with Gasteiger partial charge in [0, 0.05) is 15.0 Å². The lowest BCUT2D eigenvalue weighted by atomic mass is 10.0. The zero-order valence-electron chi connectivity index (χ0n) is 10.5. The molecule has 2 atom stereocenters. The van der Waals surface area contributed by atoms with E-state index in [1.807, 2.05) is 18.2 Å². The number of nitrogens with one attached hydrogen (secondary N) is 1. The van der Waals surface area contributed by atoms with Crippen molar-refractivity contribution in [3.8, 4) is 0 Å². The Morgan fingerprint density at radius 1 is 1.30 bits per heavy atom. The van der Waals surface area contributed by atoms with Gasteiger partial charge in [-0.25, -0.2) is 14.4 Å². The van der Waals surface area contributed by atoms with Crippen LogP contribution in [0.5, 0.6) is 0 Å². The maximum atomic E-state index is 13.3. The number of halogens is 3. The topological polar surface area (TPSA) is 37.8 Å². The van der Waals surface area contributed by atoms with Crippen LogP contribution in [-0.4, -0.2) is 22.2 Å². The molecule has 1 aliphatic rings. The highest BCUT2D eigenvalue weighted by molar-refractivity contribution is 14.1. The average Bonchev–Trinajstić information content (AvgIpc) is 2.44. The molecule has 3 rings (SSSR count). The Morgan fingerprint density at radius 3 is 2.95 bits per heavy atom. The molecule has 1 N–H and O–H groups in total. The van der Waals surface area contributed by atoms with Crippen molar-refractivity contribution in [2.45, 2.75) is 25.1 Å². The zero-order chi connectivity index (χ0) is 14.1. The average molecular weight is 404 g/mol. The molecule has 0 bridgehead atoms. The van der Waals surface area contributed by atoms with E-state index in [4.69, 9.17) is 11.6 Å². The number of alkyl halides is 1. The molecular formula is C14H12ClFIN3. The van der Waals surface area contributed by atoms with Gasteiger partial charge >= 0.3 is 0 Å². The summed E-state index contributed by atoms with van der Waals surface area (Å²) in [7, 11) is 0. The van der Waals surface area contributed by atoms with Crippen molar-refractivity contribution in [1.29, 1.82) is 0 Å². The van der Waals surface area contributed by atoms with E-state index < -0.39 is 6.17 Å². The van der Waals surface area contributed by atoms with E-state index in [1.165, 1.54) is 6.33 Å². The first kappa shape index (κ1) is 14.0. The lowest BCUT2D eigenvalue weighted by Gasteiger charge is -2.23. The van der Waals surface area contributed by atoms with Gasteiger partial charge in [0.25, 0.3) is 0 Å². The van der Waals surface area contributed by atoms with E-state index in [0.29, 0.717) is 12.8 Å². The summed E-state index contributed by atoms with van der Waals surface area (Å²) in [6, 6.07) is 6.01. The van der Waals surface area contributed by atoms with Crippen LogP contribution in [0, 0.1) is 3.57 Å². The van der Waals surface area contributed by atoms with Crippen LogP contribution in [0.25, 0.3) is 10.9 Å². The van der Waals surface area contributed by atoms with E-state index in [-0.39, 0.29) is 11.1 Å². The molecule has 0 fully saturated rings. The maximum Gasteiger partial charge on any atom is 0.137 e. The highest BCUT2D eigenvalue weighted by Crippen LogP contribution is 2.28. The van der Waals surface area contributed by atoms with Gasteiger partial charge in [-0.15, -0.1) is 0 Å². The largest absolute Gasteiger partial charge is 0.363 e. The molecule has 0 amide bonds. The molecule has 1 aromatic carbocycles. The molecule has 2 aromatic rings. The summed E-state index contributed by atoms with van der Waals surface area (Å²) in [6.45, 7) is 0. The standard InChI is InChI=1S/C14H12ClFIN3/c15-11-6-9(2-3-12(11)16)20-14-10-5-8(17)1-4-13(10)18-7-19-14/h1,4-7,9,12H,2-3H2,(H,18,19,20)/t9?,12-/m1/s1. The second-order valence-electron chi connectivity index (χ2n) is 4.73. The van der Waals surface area contributed by atoms with Gasteiger partial charge in [0.15, 0.2) is 0 Å². The van der Waals surface area contributed by atoms with Gasteiger partial charge in [-0.3, -0.25) is 0 Å². The molecule has 104 valence electrons. The Balaban J connectivity index is 1.93. The first-order chi connectivity index (χ1) is 9.63. The van der Waals surface area contributed by atoms with Gasteiger partial charge in [-0.2, -0.15) is 0 Å². The predicted molar refractivity (Wildman–Crippen MR) is 87.7 cm³/mol. The molecule has 1 heterocycles. The normalized spacial score (nSPS) is 22.6. The SMILES string of the molecule is F[C@@H]1CCC(Nc2ncnc3ccc(I)cc23)C=C1Cl. The van der Waals surface area contributed by atoms with E-state index in [0.717, 1.165) is 20.3 Å². The van der Waals surface area contributed by atoms with Crippen LogP contribution in [0.15, 0.2) is 35.6 Å². The van der Waals surface area contributed by atoms with Gasteiger partial charge in [-0.05, 0) is 59.7 Å². The molecule has 6 heteroatoms.